The number of nitrogens with one attached hydrogen (secondary N) is 1. The van der Waals surface area contributed by atoms with Gasteiger partial charge in [-0.25, -0.2) is 4.98 Å². The molecule has 3 heterocycles. The van der Waals surface area contributed by atoms with E-state index in [9.17, 15) is 4.79 Å². The molecular weight excluding hydrogens is 306 g/mol. The van der Waals surface area contributed by atoms with Crippen molar-refractivity contribution >= 4 is 17.0 Å². The third-order valence-electron chi connectivity index (χ3n) is 4.01. The van der Waals surface area contributed by atoms with Crippen LogP contribution in [0.3, 0.4) is 0 Å². The van der Waals surface area contributed by atoms with Crippen molar-refractivity contribution in [3.63, 3.8) is 0 Å². The summed E-state index contributed by atoms with van der Waals surface area (Å²) in [5.41, 5.74) is 3.46. The normalized spacial score (nSPS) is 12.5. The lowest BCUT2D eigenvalue weighted by molar-refractivity contribution is 0.0948. The first kappa shape index (κ1) is 16.2. The van der Waals surface area contributed by atoms with Crippen LogP contribution >= 0.6 is 0 Å². The molecule has 3 aromatic heterocycles. The fourth-order valence-corrected chi connectivity index (χ4v) is 2.71. The molecule has 3 rings (SSSR count). The van der Waals surface area contributed by atoms with Gasteiger partial charge in [-0.05, 0) is 38.8 Å². The van der Waals surface area contributed by atoms with Gasteiger partial charge in [0, 0.05) is 30.7 Å². The van der Waals surface area contributed by atoms with E-state index in [0.717, 1.165) is 17.9 Å². The van der Waals surface area contributed by atoms with Gasteiger partial charge in [-0.15, -0.1) is 0 Å². The molecule has 7 nitrogen and oxygen atoms in total. The van der Waals surface area contributed by atoms with Crippen molar-refractivity contribution in [3.05, 3.63) is 41.0 Å². The van der Waals surface area contributed by atoms with Gasteiger partial charge < -0.3 is 9.84 Å². The van der Waals surface area contributed by atoms with Crippen LogP contribution in [0.15, 0.2) is 22.9 Å². The second-order valence-electron chi connectivity index (χ2n) is 6.23. The number of aryl methyl sites for hydroxylation is 3. The van der Waals surface area contributed by atoms with Crippen LogP contribution in [0.5, 0.6) is 0 Å². The van der Waals surface area contributed by atoms with Crippen LogP contribution in [0, 0.1) is 26.7 Å². The molecule has 0 aromatic carbocycles. The molecule has 0 saturated carbocycles. The highest BCUT2D eigenvalue weighted by Gasteiger charge is 2.18. The van der Waals surface area contributed by atoms with Gasteiger partial charge in [-0.1, -0.05) is 12.1 Å². The smallest absolute Gasteiger partial charge is 0.258 e. The number of rotatable bonds is 5. The number of carbonyl (C=O) groups excluding carboxylic acids is 1. The van der Waals surface area contributed by atoms with Gasteiger partial charge in [0.15, 0.2) is 0 Å². The molecule has 7 heteroatoms. The second-order valence-corrected chi connectivity index (χ2v) is 6.23. The van der Waals surface area contributed by atoms with E-state index in [2.05, 4.69) is 27.5 Å². The summed E-state index contributed by atoms with van der Waals surface area (Å²) in [6, 6.07) is 3.74. The molecule has 0 radical (unpaired) electrons. The number of hydrogen-bond donors (Lipinski definition) is 1. The maximum Gasteiger partial charge on any atom is 0.258 e. The van der Waals surface area contributed by atoms with E-state index in [-0.39, 0.29) is 11.8 Å². The Bertz CT molecular complexity index is 880. The molecule has 1 atom stereocenters. The summed E-state index contributed by atoms with van der Waals surface area (Å²) in [5, 5.41) is 11.8. The van der Waals surface area contributed by atoms with Crippen LogP contribution < -0.4 is 5.32 Å². The zero-order valence-electron chi connectivity index (χ0n) is 14.3. The summed E-state index contributed by atoms with van der Waals surface area (Å²) in [4.78, 5) is 16.9. The predicted molar refractivity (Wildman–Crippen MR) is 89.7 cm³/mol. The maximum atomic E-state index is 12.6. The fraction of sp³-hybridized carbons (Fsp3) is 0.412. The summed E-state index contributed by atoms with van der Waals surface area (Å²) in [6.07, 6.45) is 1.78. The summed E-state index contributed by atoms with van der Waals surface area (Å²) < 4.78 is 7.12. The van der Waals surface area contributed by atoms with E-state index < -0.39 is 0 Å². The van der Waals surface area contributed by atoms with Crippen molar-refractivity contribution in [1.29, 1.82) is 0 Å². The Balaban J connectivity index is 1.71. The van der Waals surface area contributed by atoms with Crippen molar-refractivity contribution in [2.24, 2.45) is 5.92 Å². The molecule has 3 aromatic rings. The molecule has 0 aliphatic heterocycles. The van der Waals surface area contributed by atoms with Crippen LogP contribution in [0.1, 0.15) is 34.4 Å². The summed E-state index contributed by atoms with van der Waals surface area (Å²) in [5.74, 6) is 0.121. The Morgan fingerprint density at radius 2 is 2.17 bits per heavy atom. The molecule has 0 fully saturated rings. The lowest BCUT2D eigenvalue weighted by Crippen LogP contribution is -2.30. The Hall–Kier alpha value is -2.70. The fourth-order valence-electron chi connectivity index (χ4n) is 2.71. The SMILES string of the molecule is Cc1cc(C(=O)NC[C@@H](C)Cn2nccc2C)c2c(C)noc2n1. The number of fused-ring (bicyclic) bond motifs is 1. The Labute approximate surface area is 140 Å². The Kier molecular flexibility index (Phi) is 4.33. The van der Waals surface area contributed by atoms with Gasteiger partial charge in [0.1, 0.15) is 0 Å². The first-order chi connectivity index (χ1) is 11.5. The van der Waals surface area contributed by atoms with Gasteiger partial charge in [0.25, 0.3) is 11.6 Å². The highest BCUT2D eigenvalue weighted by atomic mass is 16.5. The van der Waals surface area contributed by atoms with Gasteiger partial charge in [0.2, 0.25) is 0 Å². The molecule has 1 N–H and O–H groups in total. The minimum absolute atomic E-state index is 0.138. The molecule has 0 aliphatic rings. The summed E-state index contributed by atoms with van der Waals surface area (Å²) in [6.45, 7) is 9.06. The van der Waals surface area contributed by atoms with Gasteiger partial charge in [0.05, 0.1) is 16.6 Å². The molecule has 0 saturated heterocycles. The first-order valence-electron chi connectivity index (χ1n) is 7.96. The third kappa shape index (κ3) is 3.15. The van der Waals surface area contributed by atoms with Crippen molar-refractivity contribution in [2.75, 3.05) is 6.54 Å². The minimum Gasteiger partial charge on any atom is -0.352 e. The average molecular weight is 327 g/mol. The molecule has 0 unspecified atom stereocenters. The van der Waals surface area contributed by atoms with Crippen molar-refractivity contribution in [3.8, 4) is 0 Å². The highest BCUT2D eigenvalue weighted by molar-refractivity contribution is 6.06. The van der Waals surface area contributed by atoms with Gasteiger partial charge in [-0.3, -0.25) is 9.48 Å². The lowest BCUT2D eigenvalue weighted by atomic mass is 10.1. The summed E-state index contributed by atoms with van der Waals surface area (Å²) in [7, 11) is 0. The Morgan fingerprint density at radius 3 is 2.88 bits per heavy atom. The molecule has 0 bridgehead atoms. The average Bonchev–Trinajstić information content (AvgIpc) is 3.11. The number of pyridine rings is 1. The zero-order valence-corrected chi connectivity index (χ0v) is 14.3. The number of carbonyl (C=O) groups is 1. The zero-order chi connectivity index (χ0) is 17.3. The van der Waals surface area contributed by atoms with Crippen molar-refractivity contribution < 1.29 is 9.32 Å². The van der Waals surface area contributed by atoms with E-state index in [1.807, 2.05) is 31.5 Å². The molecule has 24 heavy (non-hydrogen) atoms. The quantitative estimate of drug-likeness (QED) is 0.778. The van der Waals surface area contributed by atoms with Crippen LogP contribution in [-0.2, 0) is 6.54 Å². The largest absolute Gasteiger partial charge is 0.352 e. The van der Waals surface area contributed by atoms with Crippen LogP contribution in [0.2, 0.25) is 0 Å². The first-order valence-corrected chi connectivity index (χ1v) is 7.96. The van der Waals surface area contributed by atoms with E-state index >= 15 is 0 Å². The van der Waals surface area contributed by atoms with Crippen molar-refractivity contribution in [2.45, 2.75) is 34.2 Å². The highest BCUT2D eigenvalue weighted by Crippen LogP contribution is 2.21. The number of amides is 1. The van der Waals surface area contributed by atoms with Gasteiger partial charge >= 0.3 is 0 Å². The van der Waals surface area contributed by atoms with E-state index in [1.165, 1.54) is 0 Å². The minimum atomic E-state index is -0.138. The molecular formula is C17H21N5O2. The monoisotopic (exact) mass is 327 g/mol. The van der Waals surface area contributed by atoms with Crippen LogP contribution in [0.4, 0.5) is 0 Å². The van der Waals surface area contributed by atoms with Crippen LogP contribution in [-0.4, -0.2) is 32.4 Å². The van der Waals surface area contributed by atoms with Gasteiger partial charge in [-0.2, -0.15) is 5.10 Å². The topological polar surface area (TPSA) is 85.8 Å². The van der Waals surface area contributed by atoms with E-state index in [4.69, 9.17) is 4.52 Å². The molecule has 1 amide bonds. The summed E-state index contributed by atoms with van der Waals surface area (Å²) >= 11 is 0. The third-order valence-corrected chi connectivity index (χ3v) is 4.01. The maximum absolute atomic E-state index is 12.6. The van der Waals surface area contributed by atoms with Crippen molar-refractivity contribution in [1.82, 2.24) is 25.2 Å². The lowest BCUT2D eigenvalue weighted by Gasteiger charge is -2.14. The van der Waals surface area contributed by atoms with Crippen LogP contribution in [0.25, 0.3) is 11.1 Å². The molecule has 0 aliphatic carbocycles. The van der Waals surface area contributed by atoms with E-state index in [0.29, 0.717) is 28.9 Å². The van der Waals surface area contributed by atoms with E-state index in [1.54, 1.807) is 12.3 Å². The number of nitrogens with zero attached hydrogens (tertiary/aromatic N) is 4. The Morgan fingerprint density at radius 1 is 1.38 bits per heavy atom. The number of aromatic nitrogens is 4. The standard InChI is InChI=1S/C17H21N5O2/c1-10(9-22-12(3)5-6-19-22)8-18-16(23)14-7-11(2)20-17-15(14)13(4)21-24-17/h5-7,10H,8-9H2,1-4H3,(H,18,23)/t10-/m1/s1. The molecule has 126 valence electrons. The predicted octanol–water partition coefficient (Wildman–Crippen LogP) is 2.41. The molecule has 0 spiro atoms. The second kappa shape index (κ2) is 6.43. The number of hydrogen-bond acceptors (Lipinski definition) is 5.